The molecule has 2 nitrogen and oxygen atoms in total. The van der Waals surface area contributed by atoms with Gasteiger partial charge in [-0.15, -0.1) is 11.3 Å². The molecule has 0 saturated carbocycles. The number of thiophene rings is 1. The van der Waals surface area contributed by atoms with E-state index in [9.17, 15) is 0 Å². The van der Waals surface area contributed by atoms with Crippen LogP contribution in [0.1, 0.15) is 0 Å². The summed E-state index contributed by atoms with van der Waals surface area (Å²) in [7, 11) is 0. The first-order valence-corrected chi connectivity index (χ1v) is 16.8. The molecule has 47 heavy (non-hydrogen) atoms. The number of benzene rings is 7. The van der Waals surface area contributed by atoms with E-state index in [0.29, 0.717) is 0 Å². The summed E-state index contributed by atoms with van der Waals surface area (Å²) in [5, 5.41) is 6.40. The van der Waals surface area contributed by atoms with Gasteiger partial charge in [-0.2, -0.15) is 0 Å². The minimum Gasteiger partial charge on any atom is -0.314 e. The predicted octanol–water partition coefficient (Wildman–Crippen LogP) is 12.4. The molecule has 0 spiro atoms. The molecule has 0 radical (unpaired) electrons. The van der Waals surface area contributed by atoms with Gasteiger partial charge in [0.2, 0.25) is 0 Å². The van der Waals surface area contributed by atoms with Gasteiger partial charge >= 0.3 is 0 Å². The summed E-state index contributed by atoms with van der Waals surface area (Å²) >= 11 is 1.88. The lowest BCUT2D eigenvalue weighted by atomic mass is 10.0. The maximum atomic E-state index is 2.46. The van der Waals surface area contributed by atoms with Gasteiger partial charge < -0.3 is 9.13 Å². The normalized spacial score (nSPS) is 11.8. The van der Waals surface area contributed by atoms with Gasteiger partial charge in [-0.25, -0.2) is 0 Å². The molecule has 3 heterocycles. The molecule has 0 N–H and O–H groups in total. The van der Waals surface area contributed by atoms with Crippen molar-refractivity contribution in [2.24, 2.45) is 0 Å². The van der Waals surface area contributed by atoms with Crippen LogP contribution in [0.4, 0.5) is 0 Å². The largest absolute Gasteiger partial charge is 0.314 e. The number of fused-ring (bicyclic) bond motifs is 8. The Morgan fingerprint density at radius 2 is 1.04 bits per heavy atom. The van der Waals surface area contributed by atoms with Gasteiger partial charge in [-0.05, 0) is 53.1 Å². The highest BCUT2D eigenvalue weighted by Crippen LogP contribution is 2.43. The Balaban J connectivity index is 1.24. The molecule has 0 atom stereocenters. The average Bonchev–Trinajstić information content (AvgIpc) is 3.82. The first kappa shape index (κ1) is 26.3. The summed E-state index contributed by atoms with van der Waals surface area (Å²) in [5.74, 6) is 0. The highest BCUT2D eigenvalue weighted by molar-refractivity contribution is 7.26. The Morgan fingerprint density at radius 3 is 1.87 bits per heavy atom. The minimum absolute atomic E-state index is 1.15. The quantitative estimate of drug-likeness (QED) is 0.186. The summed E-state index contributed by atoms with van der Waals surface area (Å²) in [5.41, 5.74) is 10.9. The van der Waals surface area contributed by atoms with Crippen molar-refractivity contribution >= 4 is 64.2 Å². The second-order valence-electron chi connectivity index (χ2n) is 12.2. The van der Waals surface area contributed by atoms with Crippen molar-refractivity contribution in [2.75, 3.05) is 0 Å². The van der Waals surface area contributed by atoms with Gasteiger partial charge in [0.25, 0.3) is 0 Å². The van der Waals surface area contributed by atoms with Crippen molar-refractivity contribution in [2.45, 2.75) is 0 Å². The molecule has 220 valence electrons. The van der Waals surface area contributed by atoms with E-state index < -0.39 is 0 Å². The topological polar surface area (TPSA) is 9.86 Å². The highest BCUT2D eigenvalue weighted by atomic mass is 32.1. The van der Waals surface area contributed by atoms with Gasteiger partial charge in [0.05, 0.1) is 16.6 Å². The lowest BCUT2D eigenvalue weighted by molar-refractivity contribution is 1.12. The SMILES string of the molecule is c1ccc(-c2cn(-c3ccccc3)c3c2ccc2c4ccccc4n(-c4ccc(-c5cccc6c5sc5ccccc56)cc4)c23)cc1. The first-order valence-electron chi connectivity index (χ1n) is 16.0. The summed E-state index contributed by atoms with van der Waals surface area (Å²) in [6.07, 6.45) is 2.31. The van der Waals surface area contributed by atoms with Crippen molar-refractivity contribution in [1.29, 1.82) is 0 Å². The van der Waals surface area contributed by atoms with Crippen molar-refractivity contribution in [3.05, 3.63) is 170 Å². The molecule has 0 fully saturated rings. The Labute approximate surface area is 276 Å². The molecule has 0 aliphatic rings. The Bertz CT molecular complexity index is 2760. The molecular weight excluding hydrogens is 589 g/mol. The number of nitrogens with zero attached hydrogens (tertiary/aromatic N) is 2. The summed E-state index contributed by atoms with van der Waals surface area (Å²) < 4.78 is 7.52. The van der Waals surface area contributed by atoms with Crippen LogP contribution in [0.2, 0.25) is 0 Å². The van der Waals surface area contributed by atoms with E-state index in [0.717, 1.165) is 11.4 Å². The van der Waals surface area contributed by atoms with Crippen LogP contribution in [0.15, 0.2) is 170 Å². The molecule has 0 aliphatic carbocycles. The summed E-state index contributed by atoms with van der Waals surface area (Å²) in [4.78, 5) is 0. The van der Waals surface area contributed by atoms with Crippen LogP contribution < -0.4 is 0 Å². The van der Waals surface area contributed by atoms with Gasteiger partial charge in [-0.3, -0.25) is 0 Å². The van der Waals surface area contributed by atoms with E-state index in [1.54, 1.807) is 0 Å². The number of aromatic nitrogens is 2. The highest BCUT2D eigenvalue weighted by Gasteiger charge is 2.21. The molecule has 10 rings (SSSR count). The van der Waals surface area contributed by atoms with E-state index in [2.05, 4.69) is 179 Å². The molecule has 3 heteroatoms. The van der Waals surface area contributed by atoms with Crippen LogP contribution in [0.25, 0.3) is 86.5 Å². The molecule has 0 bridgehead atoms. The van der Waals surface area contributed by atoms with Gasteiger partial charge in [0, 0.05) is 59.5 Å². The van der Waals surface area contributed by atoms with E-state index in [1.807, 2.05) is 11.3 Å². The van der Waals surface area contributed by atoms with Crippen LogP contribution in [0.5, 0.6) is 0 Å². The second kappa shape index (κ2) is 10.3. The number of para-hydroxylation sites is 2. The number of rotatable bonds is 4. The van der Waals surface area contributed by atoms with Crippen molar-refractivity contribution < 1.29 is 0 Å². The molecule has 3 aromatic heterocycles. The lowest BCUT2D eigenvalue weighted by Gasteiger charge is -2.13. The molecule has 7 aromatic carbocycles. The fraction of sp³-hybridized carbons (Fsp3) is 0. The van der Waals surface area contributed by atoms with E-state index in [4.69, 9.17) is 0 Å². The molecule has 10 aromatic rings. The van der Waals surface area contributed by atoms with Crippen LogP contribution in [-0.4, -0.2) is 9.13 Å². The summed E-state index contributed by atoms with van der Waals surface area (Å²) in [6.45, 7) is 0. The molecule has 0 amide bonds. The fourth-order valence-corrected chi connectivity index (χ4v) is 8.68. The van der Waals surface area contributed by atoms with Crippen molar-refractivity contribution in [3.8, 4) is 33.6 Å². The third-order valence-electron chi connectivity index (χ3n) is 9.56. The second-order valence-corrected chi connectivity index (χ2v) is 13.2. The number of hydrogen-bond acceptors (Lipinski definition) is 1. The minimum atomic E-state index is 1.15. The average molecular weight is 617 g/mol. The van der Waals surface area contributed by atoms with Crippen molar-refractivity contribution in [1.82, 2.24) is 9.13 Å². The summed E-state index contributed by atoms with van der Waals surface area (Å²) in [6, 6.07) is 59.5. The lowest BCUT2D eigenvalue weighted by Crippen LogP contribution is -1.98. The Kier molecular flexibility index (Phi) is 5.78. The van der Waals surface area contributed by atoms with Gasteiger partial charge in [-0.1, -0.05) is 127 Å². The zero-order valence-electron chi connectivity index (χ0n) is 25.5. The van der Waals surface area contributed by atoms with Crippen LogP contribution >= 0.6 is 11.3 Å². The van der Waals surface area contributed by atoms with E-state index >= 15 is 0 Å². The van der Waals surface area contributed by atoms with E-state index in [-0.39, 0.29) is 0 Å². The third-order valence-corrected chi connectivity index (χ3v) is 10.8. The van der Waals surface area contributed by atoms with Gasteiger partial charge in [0.1, 0.15) is 0 Å². The molecule has 0 unspecified atom stereocenters. The Morgan fingerprint density at radius 1 is 0.383 bits per heavy atom. The predicted molar refractivity (Wildman–Crippen MR) is 201 cm³/mol. The zero-order chi connectivity index (χ0) is 30.9. The Hall–Kier alpha value is -5.90. The monoisotopic (exact) mass is 616 g/mol. The van der Waals surface area contributed by atoms with Crippen LogP contribution in [0, 0.1) is 0 Å². The maximum absolute atomic E-state index is 2.46. The molecule has 0 saturated heterocycles. The maximum Gasteiger partial charge on any atom is 0.0788 e. The van der Waals surface area contributed by atoms with Gasteiger partial charge in [0.15, 0.2) is 0 Å². The van der Waals surface area contributed by atoms with Crippen LogP contribution in [0.3, 0.4) is 0 Å². The third kappa shape index (κ3) is 3.97. The van der Waals surface area contributed by atoms with Crippen molar-refractivity contribution in [3.63, 3.8) is 0 Å². The first-order chi connectivity index (χ1) is 23.3. The molecule has 0 aliphatic heterocycles. The fourth-order valence-electron chi connectivity index (χ4n) is 7.44. The number of hydrogen-bond donors (Lipinski definition) is 0. The molecular formula is C44H28N2S. The van der Waals surface area contributed by atoms with Crippen LogP contribution in [-0.2, 0) is 0 Å². The standard InChI is InChI=1S/C44H28N2S/c1-3-12-29(13-4-1)39-28-45(31-14-5-2-6-15-31)42-37(39)27-26-36-34-16-7-9-20-40(34)46(43(36)42)32-24-22-30(23-25-32)33-18-11-19-38-35-17-8-10-21-41(35)47-44(33)38/h1-28H. The van der Waals surface area contributed by atoms with E-state index in [1.165, 1.54) is 75.1 Å². The zero-order valence-corrected chi connectivity index (χ0v) is 26.3. The smallest absolute Gasteiger partial charge is 0.0788 e.